The maximum absolute atomic E-state index is 4.73. The SMILES string of the molecule is Cc1nc(CSc2ccc(Br)cc2)nc2c1CNCC2. The Bertz CT molecular complexity index is 613. The summed E-state index contributed by atoms with van der Waals surface area (Å²) in [7, 11) is 0. The fraction of sp³-hybridized carbons (Fsp3) is 0.333. The molecule has 1 aromatic carbocycles. The summed E-state index contributed by atoms with van der Waals surface area (Å²) in [5.41, 5.74) is 3.63. The van der Waals surface area contributed by atoms with E-state index in [-0.39, 0.29) is 0 Å². The third kappa shape index (κ3) is 3.22. The largest absolute Gasteiger partial charge is 0.312 e. The summed E-state index contributed by atoms with van der Waals surface area (Å²) in [6.07, 6.45) is 1.01. The number of nitrogens with zero attached hydrogens (tertiary/aromatic N) is 2. The van der Waals surface area contributed by atoms with E-state index in [0.29, 0.717) is 0 Å². The molecule has 0 aliphatic carbocycles. The van der Waals surface area contributed by atoms with Gasteiger partial charge in [0.15, 0.2) is 0 Å². The maximum Gasteiger partial charge on any atom is 0.139 e. The smallest absolute Gasteiger partial charge is 0.139 e. The molecule has 1 aromatic heterocycles. The van der Waals surface area contributed by atoms with Crippen molar-refractivity contribution >= 4 is 27.7 Å². The third-order valence-corrected chi connectivity index (χ3v) is 4.90. The maximum atomic E-state index is 4.73. The first-order valence-corrected chi connectivity index (χ1v) is 8.44. The standard InChI is InChI=1S/C15H16BrN3S/c1-10-13-8-17-7-6-14(13)19-15(18-10)9-20-12-4-2-11(16)3-5-12/h2-5,17H,6-9H2,1H3. The molecule has 0 radical (unpaired) electrons. The predicted octanol–water partition coefficient (Wildman–Crippen LogP) is 3.49. The van der Waals surface area contributed by atoms with Gasteiger partial charge in [-0.3, -0.25) is 0 Å². The molecular weight excluding hydrogens is 334 g/mol. The fourth-order valence-electron chi connectivity index (χ4n) is 2.32. The van der Waals surface area contributed by atoms with Crippen molar-refractivity contribution in [2.24, 2.45) is 0 Å². The highest BCUT2D eigenvalue weighted by Crippen LogP contribution is 2.24. The highest BCUT2D eigenvalue weighted by molar-refractivity contribution is 9.10. The summed E-state index contributed by atoms with van der Waals surface area (Å²) in [6.45, 7) is 4.01. The Hall–Kier alpha value is -0.910. The van der Waals surface area contributed by atoms with Crippen LogP contribution in [0.1, 0.15) is 22.8 Å². The summed E-state index contributed by atoms with van der Waals surface area (Å²) < 4.78 is 1.11. The lowest BCUT2D eigenvalue weighted by molar-refractivity contribution is 0.617. The van der Waals surface area contributed by atoms with E-state index in [4.69, 9.17) is 4.98 Å². The van der Waals surface area contributed by atoms with Crippen molar-refractivity contribution in [1.29, 1.82) is 0 Å². The topological polar surface area (TPSA) is 37.8 Å². The number of rotatable bonds is 3. The van der Waals surface area contributed by atoms with Crippen molar-refractivity contribution in [3.8, 4) is 0 Å². The normalized spacial score (nSPS) is 14.1. The fourth-order valence-corrected chi connectivity index (χ4v) is 3.34. The summed E-state index contributed by atoms with van der Waals surface area (Å²) in [5.74, 6) is 1.76. The monoisotopic (exact) mass is 349 g/mol. The Balaban J connectivity index is 1.74. The van der Waals surface area contributed by atoms with Gasteiger partial charge >= 0.3 is 0 Å². The first-order valence-electron chi connectivity index (χ1n) is 6.67. The summed E-state index contributed by atoms with van der Waals surface area (Å²) in [5, 5.41) is 3.37. The van der Waals surface area contributed by atoms with Crippen LogP contribution < -0.4 is 5.32 Å². The molecule has 2 aromatic rings. The van der Waals surface area contributed by atoms with Gasteiger partial charge in [-0.05, 0) is 31.2 Å². The van der Waals surface area contributed by atoms with Crippen molar-refractivity contribution in [2.45, 2.75) is 30.5 Å². The lowest BCUT2D eigenvalue weighted by Gasteiger charge is -2.18. The molecule has 1 aliphatic rings. The molecule has 20 heavy (non-hydrogen) atoms. The minimum Gasteiger partial charge on any atom is -0.312 e. The van der Waals surface area contributed by atoms with Crippen LogP contribution in [-0.4, -0.2) is 16.5 Å². The minimum absolute atomic E-state index is 0.823. The average Bonchev–Trinajstić information content (AvgIpc) is 2.47. The van der Waals surface area contributed by atoms with Gasteiger partial charge in [0.1, 0.15) is 5.82 Å². The molecule has 0 spiro atoms. The first-order chi connectivity index (χ1) is 9.72. The van der Waals surface area contributed by atoms with Crippen molar-refractivity contribution in [1.82, 2.24) is 15.3 Å². The number of nitrogens with one attached hydrogen (secondary N) is 1. The highest BCUT2D eigenvalue weighted by atomic mass is 79.9. The summed E-state index contributed by atoms with van der Waals surface area (Å²) in [4.78, 5) is 10.6. The van der Waals surface area contributed by atoms with Crippen LogP contribution in [-0.2, 0) is 18.7 Å². The Kier molecular flexibility index (Phi) is 4.38. The number of benzene rings is 1. The molecule has 0 saturated heterocycles. The Morgan fingerprint density at radius 3 is 2.85 bits per heavy atom. The summed E-state index contributed by atoms with van der Waals surface area (Å²) in [6, 6.07) is 8.35. The van der Waals surface area contributed by atoms with E-state index in [1.165, 1.54) is 16.2 Å². The van der Waals surface area contributed by atoms with E-state index in [1.54, 1.807) is 11.8 Å². The molecule has 1 aliphatic heterocycles. The zero-order valence-electron chi connectivity index (χ0n) is 11.3. The zero-order valence-corrected chi connectivity index (χ0v) is 13.7. The van der Waals surface area contributed by atoms with Crippen molar-refractivity contribution in [3.05, 3.63) is 51.5 Å². The van der Waals surface area contributed by atoms with Gasteiger partial charge in [-0.25, -0.2) is 9.97 Å². The molecule has 0 fully saturated rings. The molecule has 3 rings (SSSR count). The Morgan fingerprint density at radius 1 is 1.25 bits per heavy atom. The van der Waals surface area contributed by atoms with E-state index in [0.717, 1.165) is 41.3 Å². The first kappa shape index (κ1) is 14.0. The van der Waals surface area contributed by atoms with Crippen molar-refractivity contribution in [3.63, 3.8) is 0 Å². The van der Waals surface area contributed by atoms with E-state index in [1.807, 2.05) is 0 Å². The van der Waals surface area contributed by atoms with Crippen LogP contribution >= 0.6 is 27.7 Å². The molecule has 0 amide bonds. The van der Waals surface area contributed by atoms with Crippen LogP contribution in [0.3, 0.4) is 0 Å². The Morgan fingerprint density at radius 2 is 2.05 bits per heavy atom. The molecule has 1 N–H and O–H groups in total. The van der Waals surface area contributed by atoms with Crippen LogP contribution in [0.5, 0.6) is 0 Å². The number of aryl methyl sites for hydroxylation is 1. The van der Waals surface area contributed by atoms with Gasteiger partial charge < -0.3 is 5.32 Å². The van der Waals surface area contributed by atoms with Crippen LogP contribution in [0.2, 0.25) is 0 Å². The molecule has 0 saturated carbocycles. The van der Waals surface area contributed by atoms with Crippen LogP contribution in [0, 0.1) is 6.92 Å². The van der Waals surface area contributed by atoms with E-state index in [2.05, 4.69) is 57.4 Å². The van der Waals surface area contributed by atoms with Gasteiger partial charge in [0.2, 0.25) is 0 Å². The van der Waals surface area contributed by atoms with E-state index in [9.17, 15) is 0 Å². The van der Waals surface area contributed by atoms with Crippen molar-refractivity contribution < 1.29 is 0 Å². The van der Waals surface area contributed by atoms with Crippen LogP contribution in [0.25, 0.3) is 0 Å². The number of fused-ring (bicyclic) bond motifs is 1. The molecule has 2 heterocycles. The zero-order chi connectivity index (χ0) is 13.9. The molecule has 5 heteroatoms. The van der Waals surface area contributed by atoms with Gasteiger partial charge in [-0.15, -0.1) is 11.8 Å². The van der Waals surface area contributed by atoms with E-state index >= 15 is 0 Å². The highest BCUT2D eigenvalue weighted by Gasteiger charge is 2.14. The Labute approximate surface area is 131 Å². The summed E-state index contributed by atoms with van der Waals surface area (Å²) >= 11 is 5.23. The number of aromatic nitrogens is 2. The number of hydrogen-bond acceptors (Lipinski definition) is 4. The quantitative estimate of drug-likeness (QED) is 0.860. The average molecular weight is 350 g/mol. The molecule has 104 valence electrons. The number of thioether (sulfide) groups is 1. The lowest BCUT2D eigenvalue weighted by atomic mass is 10.1. The molecule has 3 nitrogen and oxygen atoms in total. The number of halogens is 1. The van der Waals surface area contributed by atoms with Crippen LogP contribution in [0.4, 0.5) is 0 Å². The predicted molar refractivity (Wildman–Crippen MR) is 85.9 cm³/mol. The van der Waals surface area contributed by atoms with Gasteiger partial charge in [-0.1, -0.05) is 15.9 Å². The number of hydrogen-bond donors (Lipinski definition) is 1. The van der Waals surface area contributed by atoms with Crippen LogP contribution in [0.15, 0.2) is 33.6 Å². The molecule has 0 atom stereocenters. The molecule has 0 unspecified atom stereocenters. The molecule has 0 bridgehead atoms. The second-order valence-electron chi connectivity index (χ2n) is 4.82. The molecular formula is C15H16BrN3S. The van der Waals surface area contributed by atoms with Gasteiger partial charge in [0, 0.05) is 40.1 Å². The van der Waals surface area contributed by atoms with Crippen molar-refractivity contribution in [2.75, 3.05) is 6.54 Å². The second kappa shape index (κ2) is 6.24. The van der Waals surface area contributed by atoms with E-state index < -0.39 is 0 Å². The van der Waals surface area contributed by atoms with Gasteiger partial charge in [0.05, 0.1) is 11.4 Å². The second-order valence-corrected chi connectivity index (χ2v) is 6.78. The minimum atomic E-state index is 0.823. The van der Waals surface area contributed by atoms with Gasteiger partial charge in [-0.2, -0.15) is 0 Å². The lowest BCUT2D eigenvalue weighted by Crippen LogP contribution is -2.26. The third-order valence-electron chi connectivity index (χ3n) is 3.37. The van der Waals surface area contributed by atoms with Gasteiger partial charge in [0.25, 0.3) is 0 Å².